The number of anilines is 1. The van der Waals surface area contributed by atoms with Crippen molar-refractivity contribution in [1.29, 1.82) is 0 Å². The molecule has 2 aromatic rings. The maximum absolute atomic E-state index is 12.9. The van der Waals surface area contributed by atoms with Crippen molar-refractivity contribution in [1.82, 2.24) is 9.55 Å². The van der Waals surface area contributed by atoms with Gasteiger partial charge in [-0.2, -0.15) is 4.98 Å². The van der Waals surface area contributed by atoms with Crippen molar-refractivity contribution in [2.75, 3.05) is 24.8 Å². The Bertz CT molecular complexity index is 942. The van der Waals surface area contributed by atoms with Crippen LogP contribution in [0.15, 0.2) is 28.2 Å². The maximum atomic E-state index is 12.9. The highest BCUT2D eigenvalue weighted by molar-refractivity contribution is 7.99. The van der Waals surface area contributed by atoms with Crippen LogP contribution in [-0.2, 0) is 11.8 Å². The first-order chi connectivity index (χ1) is 13.5. The third-order valence-electron chi connectivity index (χ3n) is 4.63. The van der Waals surface area contributed by atoms with Gasteiger partial charge in [-0.15, -0.1) is 0 Å². The number of benzene rings is 1. The van der Waals surface area contributed by atoms with Crippen molar-refractivity contribution in [3.8, 4) is 11.5 Å². The van der Waals surface area contributed by atoms with Gasteiger partial charge in [-0.3, -0.25) is 9.59 Å². The number of carbonyl (C=O) groups is 1. The molecule has 1 aromatic heterocycles. The Kier molecular flexibility index (Phi) is 6.28. The highest BCUT2D eigenvalue weighted by atomic mass is 32.2. The van der Waals surface area contributed by atoms with Crippen molar-refractivity contribution in [3.63, 3.8) is 0 Å². The maximum Gasteiger partial charge on any atom is 0.279 e. The highest BCUT2D eigenvalue weighted by Gasteiger charge is 2.32. The third kappa shape index (κ3) is 3.87. The quantitative estimate of drug-likeness (QED) is 0.565. The van der Waals surface area contributed by atoms with Gasteiger partial charge in [-0.05, 0) is 31.0 Å². The predicted molar refractivity (Wildman–Crippen MR) is 110 cm³/mol. The van der Waals surface area contributed by atoms with Crippen molar-refractivity contribution >= 4 is 23.5 Å². The molecule has 1 aliphatic heterocycles. The zero-order chi connectivity index (χ0) is 20.3. The van der Waals surface area contributed by atoms with Crippen molar-refractivity contribution < 1.29 is 14.3 Å². The average Bonchev–Trinajstić information content (AvgIpc) is 2.69. The normalized spacial score (nSPS) is 15.7. The Balaban J connectivity index is 2.10. The number of methoxy groups -OCH3 is 1. The van der Waals surface area contributed by atoms with Gasteiger partial charge >= 0.3 is 0 Å². The first-order valence-electron chi connectivity index (χ1n) is 9.34. The topological polar surface area (TPSA) is 82.5 Å². The van der Waals surface area contributed by atoms with Crippen LogP contribution in [0, 0.1) is 0 Å². The number of ether oxygens (including phenoxy) is 2. The molecule has 1 atom stereocenters. The molecular formula is C20H25N3O4S. The lowest BCUT2D eigenvalue weighted by atomic mass is 9.86. The molecule has 1 aliphatic rings. The lowest BCUT2D eigenvalue weighted by Gasteiger charge is -2.28. The van der Waals surface area contributed by atoms with Crippen molar-refractivity contribution in [2.45, 2.75) is 37.8 Å². The summed E-state index contributed by atoms with van der Waals surface area (Å²) in [5, 5.41) is 3.47. The minimum atomic E-state index is -0.384. The predicted octanol–water partition coefficient (Wildman–Crippen LogP) is 3.16. The first-order valence-corrected chi connectivity index (χ1v) is 10.3. The van der Waals surface area contributed by atoms with Gasteiger partial charge in [0.1, 0.15) is 5.82 Å². The summed E-state index contributed by atoms with van der Waals surface area (Å²) in [6.07, 6.45) is 1.15. The molecule has 0 aliphatic carbocycles. The van der Waals surface area contributed by atoms with Gasteiger partial charge in [0.25, 0.3) is 5.56 Å². The van der Waals surface area contributed by atoms with Gasteiger partial charge in [0, 0.05) is 25.1 Å². The second-order valence-corrected chi connectivity index (χ2v) is 7.58. The van der Waals surface area contributed by atoms with Gasteiger partial charge in [0.15, 0.2) is 16.7 Å². The molecule has 7 nitrogen and oxygen atoms in total. The molecule has 0 fully saturated rings. The van der Waals surface area contributed by atoms with E-state index in [0.29, 0.717) is 34.6 Å². The number of hydrogen-bond donors (Lipinski definition) is 1. The summed E-state index contributed by atoms with van der Waals surface area (Å²) < 4.78 is 12.8. The summed E-state index contributed by atoms with van der Waals surface area (Å²) in [6.45, 7) is 4.49. The van der Waals surface area contributed by atoms with E-state index in [9.17, 15) is 9.59 Å². The number of aromatic nitrogens is 2. The lowest BCUT2D eigenvalue weighted by Crippen LogP contribution is -2.33. The molecule has 28 heavy (non-hydrogen) atoms. The Labute approximate surface area is 168 Å². The largest absolute Gasteiger partial charge is 0.493 e. The summed E-state index contributed by atoms with van der Waals surface area (Å²) in [6, 6.07) is 5.52. The SMILES string of the molecule is CCCSc1nc(=O)c2c(n1C)NC(=O)C[C@H]2c1ccc(OCC)c(OC)c1. The first kappa shape index (κ1) is 20.3. The highest BCUT2D eigenvalue weighted by Crippen LogP contribution is 2.39. The average molecular weight is 404 g/mol. The molecule has 0 spiro atoms. The molecule has 0 saturated heterocycles. The molecule has 0 saturated carbocycles. The smallest absolute Gasteiger partial charge is 0.279 e. The van der Waals surface area contributed by atoms with Gasteiger partial charge in [-0.25, -0.2) is 0 Å². The standard InChI is InChI=1S/C20H25N3O4S/c1-5-9-28-20-22-19(25)17-13(11-16(24)21-18(17)23(20)3)12-7-8-14(27-6-2)15(10-12)26-4/h7-8,10,13H,5-6,9,11H2,1-4H3,(H,21,24)/t13-/m0/s1. The van der Waals surface area contributed by atoms with Crippen LogP contribution in [0.4, 0.5) is 5.82 Å². The van der Waals surface area contributed by atoms with E-state index < -0.39 is 0 Å². The van der Waals surface area contributed by atoms with Gasteiger partial charge in [0.05, 0.1) is 19.3 Å². The number of amides is 1. The van der Waals surface area contributed by atoms with Crippen LogP contribution < -0.4 is 20.3 Å². The van der Waals surface area contributed by atoms with E-state index in [0.717, 1.165) is 17.7 Å². The minimum Gasteiger partial charge on any atom is -0.493 e. The minimum absolute atomic E-state index is 0.127. The van der Waals surface area contributed by atoms with Gasteiger partial charge in [0.2, 0.25) is 5.91 Å². The summed E-state index contributed by atoms with van der Waals surface area (Å²) in [5.41, 5.74) is 1.03. The number of nitrogens with one attached hydrogen (secondary N) is 1. The lowest BCUT2D eigenvalue weighted by molar-refractivity contribution is -0.116. The van der Waals surface area contributed by atoms with E-state index in [1.165, 1.54) is 11.8 Å². The number of carbonyl (C=O) groups excluding carboxylic acids is 1. The summed E-state index contributed by atoms with van der Waals surface area (Å²) in [7, 11) is 3.39. The van der Waals surface area contributed by atoms with Gasteiger partial charge < -0.3 is 19.4 Å². The van der Waals surface area contributed by atoms with E-state index in [-0.39, 0.29) is 23.8 Å². The van der Waals surface area contributed by atoms with Crippen LogP contribution in [-0.4, -0.2) is 34.9 Å². The Morgan fingerprint density at radius 2 is 2.07 bits per heavy atom. The number of thioether (sulfide) groups is 1. The van der Waals surface area contributed by atoms with Crippen LogP contribution in [0.1, 0.15) is 43.7 Å². The van der Waals surface area contributed by atoms with Crippen LogP contribution in [0.3, 0.4) is 0 Å². The fourth-order valence-corrected chi connectivity index (χ4v) is 4.14. The van der Waals surface area contributed by atoms with E-state index in [1.807, 2.05) is 32.2 Å². The Hall–Kier alpha value is -2.48. The van der Waals surface area contributed by atoms with Gasteiger partial charge in [-0.1, -0.05) is 24.8 Å². The second kappa shape index (κ2) is 8.68. The van der Waals surface area contributed by atoms with E-state index in [4.69, 9.17) is 9.47 Å². The number of hydrogen-bond acceptors (Lipinski definition) is 6. The van der Waals surface area contributed by atoms with E-state index >= 15 is 0 Å². The fraction of sp³-hybridized carbons (Fsp3) is 0.450. The summed E-state index contributed by atoms with van der Waals surface area (Å²) in [5.74, 6) is 2.07. The molecule has 1 amide bonds. The fourth-order valence-electron chi connectivity index (χ4n) is 3.32. The number of nitrogens with zero attached hydrogens (tertiary/aromatic N) is 2. The van der Waals surface area contributed by atoms with Crippen LogP contribution in [0.5, 0.6) is 11.5 Å². The van der Waals surface area contributed by atoms with Crippen molar-refractivity contribution in [2.24, 2.45) is 7.05 Å². The monoisotopic (exact) mass is 403 g/mol. The molecule has 3 rings (SSSR count). The zero-order valence-electron chi connectivity index (χ0n) is 16.6. The van der Waals surface area contributed by atoms with E-state index in [1.54, 1.807) is 11.7 Å². The third-order valence-corrected chi connectivity index (χ3v) is 5.86. The Morgan fingerprint density at radius 1 is 1.29 bits per heavy atom. The number of rotatable bonds is 7. The Morgan fingerprint density at radius 3 is 2.75 bits per heavy atom. The molecule has 2 heterocycles. The molecule has 1 N–H and O–H groups in total. The summed E-state index contributed by atoms with van der Waals surface area (Å²) >= 11 is 1.51. The molecule has 1 aromatic carbocycles. The zero-order valence-corrected chi connectivity index (χ0v) is 17.4. The molecule has 0 radical (unpaired) electrons. The van der Waals surface area contributed by atoms with Crippen LogP contribution in [0.2, 0.25) is 0 Å². The molecule has 0 bridgehead atoms. The molecule has 150 valence electrons. The number of fused-ring (bicyclic) bond motifs is 1. The molecule has 0 unspecified atom stereocenters. The van der Waals surface area contributed by atoms with Crippen LogP contribution >= 0.6 is 11.8 Å². The molecule has 8 heteroatoms. The van der Waals surface area contributed by atoms with E-state index in [2.05, 4.69) is 17.2 Å². The van der Waals surface area contributed by atoms with Crippen molar-refractivity contribution in [3.05, 3.63) is 39.7 Å². The summed E-state index contributed by atoms with van der Waals surface area (Å²) in [4.78, 5) is 29.6. The second-order valence-electron chi connectivity index (χ2n) is 6.52. The van der Waals surface area contributed by atoms with Crippen LogP contribution in [0.25, 0.3) is 0 Å². The molecular weight excluding hydrogens is 378 g/mol.